The van der Waals surface area contributed by atoms with Crippen molar-refractivity contribution in [2.45, 2.75) is 20.3 Å². The average molecular weight is 311 g/mol. The standard InChI is InChI=1S/C13H12BrFN2O/c1-3-12-16-8(2)6-13(17-12)18-11-7-9(14)4-5-10(11)15/h4-7H,3H2,1-2H3. The highest BCUT2D eigenvalue weighted by Crippen LogP contribution is 2.26. The van der Waals surface area contributed by atoms with Crippen molar-refractivity contribution in [3.8, 4) is 11.6 Å². The Morgan fingerprint density at radius 2 is 2.06 bits per heavy atom. The summed E-state index contributed by atoms with van der Waals surface area (Å²) in [6.45, 7) is 3.81. The smallest absolute Gasteiger partial charge is 0.222 e. The van der Waals surface area contributed by atoms with E-state index in [2.05, 4.69) is 25.9 Å². The average Bonchev–Trinajstić information content (AvgIpc) is 2.33. The number of nitrogens with zero attached hydrogens (tertiary/aromatic N) is 2. The van der Waals surface area contributed by atoms with Crippen molar-refractivity contribution >= 4 is 15.9 Å². The third-order valence-electron chi connectivity index (χ3n) is 2.30. The van der Waals surface area contributed by atoms with E-state index in [1.165, 1.54) is 6.07 Å². The van der Waals surface area contributed by atoms with Gasteiger partial charge in [0.25, 0.3) is 0 Å². The number of aromatic nitrogens is 2. The number of rotatable bonds is 3. The van der Waals surface area contributed by atoms with Crippen molar-refractivity contribution in [3.63, 3.8) is 0 Å². The maximum atomic E-state index is 13.5. The Morgan fingerprint density at radius 1 is 1.28 bits per heavy atom. The molecule has 0 bridgehead atoms. The molecule has 3 nitrogen and oxygen atoms in total. The third kappa shape index (κ3) is 3.04. The van der Waals surface area contributed by atoms with Crippen LogP contribution in [0.15, 0.2) is 28.7 Å². The summed E-state index contributed by atoms with van der Waals surface area (Å²) in [7, 11) is 0. The van der Waals surface area contributed by atoms with Gasteiger partial charge in [0.1, 0.15) is 5.82 Å². The van der Waals surface area contributed by atoms with Gasteiger partial charge in [0.2, 0.25) is 5.88 Å². The molecule has 5 heteroatoms. The van der Waals surface area contributed by atoms with Gasteiger partial charge in [-0.05, 0) is 25.1 Å². The summed E-state index contributed by atoms with van der Waals surface area (Å²) in [4.78, 5) is 8.44. The van der Waals surface area contributed by atoms with Gasteiger partial charge in [0, 0.05) is 22.7 Å². The first-order valence-corrected chi connectivity index (χ1v) is 6.35. The number of benzene rings is 1. The van der Waals surface area contributed by atoms with Crippen LogP contribution in [-0.4, -0.2) is 9.97 Å². The van der Waals surface area contributed by atoms with E-state index in [0.717, 1.165) is 10.2 Å². The summed E-state index contributed by atoms with van der Waals surface area (Å²) in [6.07, 6.45) is 0.707. The van der Waals surface area contributed by atoms with Gasteiger partial charge in [-0.15, -0.1) is 0 Å². The van der Waals surface area contributed by atoms with Crippen LogP contribution in [-0.2, 0) is 6.42 Å². The second kappa shape index (κ2) is 5.44. The highest BCUT2D eigenvalue weighted by atomic mass is 79.9. The van der Waals surface area contributed by atoms with Gasteiger partial charge in [-0.3, -0.25) is 0 Å². The van der Waals surface area contributed by atoms with Crippen LogP contribution in [0.5, 0.6) is 11.6 Å². The highest BCUT2D eigenvalue weighted by molar-refractivity contribution is 9.10. The molecule has 0 atom stereocenters. The van der Waals surface area contributed by atoms with E-state index >= 15 is 0 Å². The molecule has 1 aromatic carbocycles. The quantitative estimate of drug-likeness (QED) is 0.858. The second-order valence-corrected chi connectivity index (χ2v) is 4.71. The molecule has 0 saturated carbocycles. The Balaban J connectivity index is 2.33. The fraction of sp³-hybridized carbons (Fsp3) is 0.231. The minimum absolute atomic E-state index is 0.143. The zero-order valence-electron chi connectivity index (χ0n) is 10.1. The van der Waals surface area contributed by atoms with Gasteiger partial charge >= 0.3 is 0 Å². The van der Waals surface area contributed by atoms with E-state index in [1.807, 2.05) is 13.8 Å². The molecule has 2 aromatic rings. The first kappa shape index (κ1) is 13.0. The summed E-state index contributed by atoms with van der Waals surface area (Å²) in [5, 5.41) is 0. The van der Waals surface area contributed by atoms with Crippen LogP contribution in [0.2, 0.25) is 0 Å². The van der Waals surface area contributed by atoms with Crippen molar-refractivity contribution in [2.75, 3.05) is 0 Å². The van der Waals surface area contributed by atoms with E-state index in [1.54, 1.807) is 18.2 Å². The maximum Gasteiger partial charge on any atom is 0.222 e. The van der Waals surface area contributed by atoms with Gasteiger partial charge in [-0.25, -0.2) is 9.37 Å². The van der Waals surface area contributed by atoms with Gasteiger partial charge in [-0.1, -0.05) is 22.9 Å². The van der Waals surface area contributed by atoms with Crippen LogP contribution in [0.3, 0.4) is 0 Å². The maximum absolute atomic E-state index is 13.5. The summed E-state index contributed by atoms with van der Waals surface area (Å²) in [6, 6.07) is 6.21. The molecule has 2 rings (SSSR count). The molecule has 1 heterocycles. The second-order valence-electron chi connectivity index (χ2n) is 3.79. The van der Waals surface area contributed by atoms with Crippen molar-refractivity contribution in [1.29, 1.82) is 0 Å². The van der Waals surface area contributed by atoms with Crippen LogP contribution in [0.25, 0.3) is 0 Å². The van der Waals surface area contributed by atoms with Gasteiger partial charge in [0.05, 0.1) is 0 Å². The fourth-order valence-corrected chi connectivity index (χ4v) is 1.82. The molecule has 0 aliphatic heterocycles. The lowest BCUT2D eigenvalue weighted by Gasteiger charge is -2.08. The van der Waals surface area contributed by atoms with Crippen LogP contribution >= 0.6 is 15.9 Å². The largest absolute Gasteiger partial charge is 0.436 e. The SMILES string of the molecule is CCc1nc(C)cc(Oc2cc(Br)ccc2F)n1. The molecule has 0 unspecified atom stereocenters. The van der Waals surface area contributed by atoms with E-state index in [-0.39, 0.29) is 5.75 Å². The fourth-order valence-electron chi connectivity index (χ4n) is 1.48. The molecule has 0 N–H and O–H groups in total. The van der Waals surface area contributed by atoms with Crippen LogP contribution in [0.1, 0.15) is 18.4 Å². The first-order chi connectivity index (χ1) is 8.58. The molecular weight excluding hydrogens is 299 g/mol. The molecule has 0 fully saturated rings. The number of halogens is 2. The van der Waals surface area contributed by atoms with Crippen molar-refractivity contribution in [1.82, 2.24) is 9.97 Å². The van der Waals surface area contributed by atoms with E-state index in [0.29, 0.717) is 18.1 Å². The molecule has 0 amide bonds. The molecular formula is C13H12BrFN2O. The monoisotopic (exact) mass is 310 g/mol. The molecule has 0 aliphatic carbocycles. The number of ether oxygens (including phenoxy) is 1. The number of aryl methyl sites for hydroxylation is 2. The highest BCUT2D eigenvalue weighted by Gasteiger charge is 2.08. The van der Waals surface area contributed by atoms with Crippen LogP contribution < -0.4 is 4.74 Å². The zero-order valence-corrected chi connectivity index (χ0v) is 11.7. The van der Waals surface area contributed by atoms with Crippen molar-refractivity contribution < 1.29 is 9.13 Å². The molecule has 94 valence electrons. The predicted octanol–water partition coefficient (Wildman–Crippen LogP) is 4.04. The Kier molecular flexibility index (Phi) is 3.91. The summed E-state index contributed by atoms with van der Waals surface area (Å²) in [5.74, 6) is 0.758. The molecule has 1 aromatic heterocycles. The van der Waals surface area contributed by atoms with Crippen molar-refractivity contribution in [3.05, 3.63) is 46.1 Å². The van der Waals surface area contributed by atoms with Crippen LogP contribution in [0.4, 0.5) is 4.39 Å². The number of hydrogen-bond acceptors (Lipinski definition) is 3. The van der Waals surface area contributed by atoms with Crippen LogP contribution in [0, 0.1) is 12.7 Å². The minimum Gasteiger partial charge on any atom is -0.436 e. The van der Waals surface area contributed by atoms with Gasteiger partial charge in [0.15, 0.2) is 11.6 Å². The lowest BCUT2D eigenvalue weighted by Crippen LogP contribution is -1.99. The predicted molar refractivity (Wildman–Crippen MR) is 70.3 cm³/mol. The zero-order chi connectivity index (χ0) is 13.1. The Morgan fingerprint density at radius 3 is 2.78 bits per heavy atom. The lowest BCUT2D eigenvalue weighted by molar-refractivity contribution is 0.423. The topological polar surface area (TPSA) is 35.0 Å². The Labute approximate surface area is 113 Å². The third-order valence-corrected chi connectivity index (χ3v) is 2.79. The van der Waals surface area contributed by atoms with Gasteiger partial charge in [-0.2, -0.15) is 4.98 Å². The normalized spacial score (nSPS) is 10.4. The van der Waals surface area contributed by atoms with E-state index in [9.17, 15) is 4.39 Å². The lowest BCUT2D eigenvalue weighted by atomic mass is 10.3. The van der Waals surface area contributed by atoms with Crippen molar-refractivity contribution in [2.24, 2.45) is 0 Å². The minimum atomic E-state index is -0.424. The molecule has 0 spiro atoms. The van der Waals surface area contributed by atoms with E-state index in [4.69, 9.17) is 4.74 Å². The number of hydrogen-bond donors (Lipinski definition) is 0. The Hall–Kier alpha value is -1.49. The molecule has 0 aliphatic rings. The Bertz CT molecular complexity index is 575. The molecule has 0 radical (unpaired) electrons. The molecule has 18 heavy (non-hydrogen) atoms. The summed E-state index contributed by atoms with van der Waals surface area (Å²) in [5.41, 5.74) is 0.798. The summed E-state index contributed by atoms with van der Waals surface area (Å²) >= 11 is 3.27. The van der Waals surface area contributed by atoms with E-state index < -0.39 is 5.82 Å². The first-order valence-electron chi connectivity index (χ1n) is 5.56. The summed E-state index contributed by atoms with van der Waals surface area (Å²) < 4.78 is 19.8. The molecule has 0 saturated heterocycles. The van der Waals surface area contributed by atoms with Gasteiger partial charge < -0.3 is 4.74 Å².